The van der Waals surface area contributed by atoms with E-state index in [0.717, 1.165) is 0 Å². The van der Waals surface area contributed by atoms with E-state index in [1.165, 1.54) is 31.2 Å². The van der Waals surface area contributed by atoms with Gasteiger partial charge < -0.3 is 20.5 Å². The predicted molar refractivity (Wildman–Crippen MR) is 88.6 cm³/mol. The molecule has 0 saturated carbocycles. The number of benzene rings is 1. The summed E-state index contributed by atoms with van der Waals surface area (Å²) >= 11 is 0. The lowest BCUT2D eigenvalue weighted by molar-refractivity contribution is -0.147. The van der Waals surface area contributed by atoms with Gasteiger partial charge in [0, 0.05) is 12.5 Å². The van der Waals surface area contributed by atoms with E-state index in [2.05, 4.69) is 5.32 Å². The number of rotatable bonds is 8. The van der Waals surface area contributed by atoms with Crippen LogP contribution in [-0.2, 0) is 19.1 Å². The van der Waals surface area contributed by atoms with Crippen molar-refractivity contribution in [2.24, 2.45) is 11.7 Å². The van der Waals surface area contributed by atoms with Crippen LogP contribution >= 0.6 is 0 Å². The van der Waals surface area contributed by atoms with Gasteiger partial charge in [-0.1, -0.05) is 13.0 Å². The van der Waals surface area contributed by atoms with Crippen molar-refractivity contribution in [2.75, 3.05) is 6.61 Å². The van der Waals surface area contributed by atoms with Crippen molar-refractivity contribution in [1.82, 2.24) is 5.32 Å². The summed E-state index contributed by atoms with van der Waals surface area (Å²) in [7, 11) is 0. The molecular weight excluding hydrogens is 328 g/mol. The van der Waals surface area contributed by atoms with Crippen molar-refractivity contribution in [3.63, 3.8) is 0 Å². The highest BCUT2D eigenvalue weighted by Crippen LogP contribution is 2.15. The Morgan fingerprint density at radius 1 is 1.24 bits per heavy atom. The molecule has 0 aromatic heterocycles. The van der Waals surface area contributed by atoms with E-state index in [1.54, 1.807) is 13.8 Å². The molecule has 0 heterocycles. The molecule has 2 atom stereocenters. The third-order valence-electron chi connectivity index (χ3n) is 3.28. The van der Waals surface area contributed by atoms with Crippen molar-refractivity contribution in [3.05, 3.63) is 29.8 Å². The summed E-state index contributed by atoms with van der Waals surface area (Å²) in [6.45, 7) is 4.72. The number of amides is 2. The Bertz CT molecular complexity index is 658. The van der Waals surface area contributed by atoms with Gasteiger partial charge in [0.15, 0.2) is 0 Å². The zero-order valence-corrected chi connectivity index (χ0v) is 14.4. The molecule has 0 spiro atoms. The van der Waals surface area contributed by atoms with E-state index in [0.29, 0.717) is 0 Å². The Hall–Kier alpha value is -2.90. The SMILES string of the molecule is CCOC(=O)[C@H](C)C[C@@H](NC(=O)c1cccc(OC(C)=O)c1)C(N)=O. The minimum absolute atomic E-state index is 0.0174. The van der Waals surface area contributed by atoms with Crippen molar-refractivity contribution in [3.8, 4) is 5.75 Å². The summed E-state index contributed by atoms with van der Waals surface area (Å²) in [6, 6.07) is 4.88. The second-order valence-electron chi connectivity index (χ2n) is 5.44. The normalized spacial score (nSPS) is 12.6. The number of hydrogen-bond donors (Lipinski definition) is 2. The molecule has 0 saturated heterocycles. The second kappa shape index (κ2) is 9.41. The van der Waals surface area contributed by atoms with E-state index in [4.69, 9.17) is 15.2 Å². The van der Waals surface area contributed by atoms with Gasteiger partial charge in [-0.25, -0.2) is 0 Å². The van der Waals surface area contributed by atoms with Gasteiger partial charge in [0.1, 0.15) is 11.8 Å². The first-order valence-corrected chi connectivity index (χ1v) is 7.79. The lowest BCUT2D eigenvalue weighted by atomic mass is 10.0. The molecule has 0 radical (unpaired) electrons. The van der Waals surface area contributed by atoms with Crippen LogP contribution in [0.5, 0.6) is 5.75 Å². The Kier molecular flexibility index (Phi) is 7.58. The summed E-state index contributed by atoms with van der Waals surface area (Å²) in [5.74, 6) is -2.73. The van der Waals surface area contributed by atoms with Gasteiger partial charge in [0.05, 0.1) is 12.5 Å². The first-order valence-electron chi connectivity index (χ1n) is 7.79. The van der Waals surface area contributed by atoms with Crippen LogP contribution in [0, 0.1) is 5.92 Å². The summed E-state index contributed by atoms with van der Waals surface area (Å²) < 4.78 is 9.78. The quantitative estimate of drug-likeness (QED) is 0.527. The number of carbonyl (C=O) groups excluding carboxylic acids is 4. The Morgan fingerprint density at radius 3 is 2.48 bits per heavy atom. The van der Waals surface area contributed by atoms with Crippen LogP contribution in [0.3, 0.4) is 0 Å². The average molecular weight is 350 g/mol. The molecule has 0 aliphatic carbocycles. The molecule has 136 valence electrons. The monoisotopic (exact) mass is 350 g/mol. The van der Waals surface area contributed by atoms with Crippen LogP contribution in [0.25, 0.3) is 0 Å². The van der Waals surface area contributed by atoms with E-state index in [1.807, 2.05) is 0 Å². The van der Waals surface area contributed by atoms with Crippen LogP contribution in [0.1, 0.15) is 37.6 Å². The van der Waals surface area contributed by atoms with Gasteiger partial charge in [-0.2, -0.15) is 0 Å². The average Bonchev–Trinajstić information content (AvgIpc) is 2.53. The zero-order valence-electron chi connectivity index (χ0n) is 14.4. The van der Waals surface area contributed by atoms with E-state index in [9.17, 15) is 19.2 Å². The number of primary amides is 1. The molecule has 1 aromatic carbocycles. The lowest BCUT2D eigenvalue weighted by Crippen LogP contribution is -2.46. The molecular formula is C17H22N2O6. The number of carbonyl (C=O) groups is 4. The van der Waals surface area contributed by atoms with E-state index >= 15 is 0 Å². The fraction of sp³-hybridized carbons (Fsp3) is 0.412. The number of hydrogen-bond acceptors (Lipinski definition) is 6. The van der Waals surface area contributed by atoms with E-state index < -0.39 is 35.7 Å². The molecule has 8 heteroatoms. The summed E-state index contributed by atoms with van der Waals surface area (Å²) in [4.78, 5) is 46.5. The Balaban J connectivity index is 2.81. The van der Waals surface area contributed by atoms with Crippen molar-refractivity contribution in [2.45, 2.75) is 33.2 Å². The maximum atomic E-state index is 12.3. The van der Waals surface area contributed by atoms with Gasteiger partial charge >= 0.3 is 11.9 Å². The standard InChI is InChI=1S/C17H22N2O6/c1-4-24-17(23)10(2)8-14(15(18)21)19-16(22)12-6-5-7-13(9-12)25-11(3)20/h5-7,9-10,14H,4,8H2,1-3H3,(H2,18,21)(H,19,22)/t10-,14-/m1/s1. The largest absolute Gasteiger partial charge is 0.466 e. The third-order valence-corrected chi connectivity index (χ3v) is 3.28. The fourth-order valence-electron chi connectivity index (χ4n) is 2.09. The van der Waals surface area contributed by atoms with Crippen LogP contribution in [-0.4, -0.2) is 36.4 Å². The Morgan fingerprint density at radius 2 is 1.92 bits per heavy atom. The van der Waals surface area contributed by atoms with Crippen molar-refractivity contribution >= 4 is 23.8 Å². The topological polar surface area (TPSA) is 125 Å². The number of esters is 2. The molecule has 0 bridgehead atoms. The molecule has 0 fully saturated rings. The van der Waals surface area contributed by atoms with Crippen LogP contribution in [0.2, 0.25) is 0 Å². The summed E-state index contributed by atoms with van der Waals surface area (Å²) in [6.07, 6.45) is 0.0174. The van der Waals surface area contributed by atoms with Crippen molar-refractivity contribution < 1.29 is 28.7 Å². The molecule has 0 aliphatic rings. The molecule has 3 N–H and O–H groups in total. The molecule has 1 rings (SSSR count). The van der Waals surface area contributed by atoms with Gasteiger partial charge in [0.2, 0.25) is 5.91 Å². The molecule has 1 aromatic rings. The second-order valence-corrected chi connectivity index (χ2v) is 5.44. The number of ether oxygens (including phenoxy) is 2. The fourth-order valence-corrected chi connectivity index (χ4v) is 2.09. The number of nitrogens with two attached hydrogens (primary N) is 1. The molecule has 0 aliphatic heterocycles. The van der Waals surface area contributed by atoms with E-state index in [-0.39, 0.29) is 24.3 Å². The summed E-state index contributed by atoms with van der Waals surface area (Å²) in [5.41, 5.74) is 5.49. The smallest absolute Gasteiger partial charge is 0.308 e. The first-order chi connectivity index (χ1) is 11.7. The minimum atomic E-state index is -1.04. The molecule has 0 unspecified atom stereocenters. The highest BCUT2D eigenvalue weighted by Gasteiger charge is 2.25. The van der Waals surface area contributed by atoms with Crippen LogP contribution in [0.15, 0.2) is 24.3 Å². The first kappa shape index (κ1) is 20.1. The van der Waals surface area contributed by atoms with Crippen LogP contribution in [0.4, 0.5) is 0 Å². The van der Waals surface area contributed by atoms with Crippen LogP contribution < -0.4 is 15.8 Å². The maximum Gasteiger partial charge on any atom is 0.308 e. The molecule has 2 amide bonds. The highest BCUT2D eigenvalue weighted by atomic mass is 16.5. The lowest BCUT2D eigenvalue weighted by Gasteiger charge is -2.19. The van der Waals surface area contributed by atoms with Gasteiger partial charge in [-0.15, -0.1) is 0 Å². The third kappa shape index (κ3) is 6.62. The molecule has 8 nitrogen and oxygen atoms in total. The number of nitrogens with one attached hydrogen (secondary N) is 1. The van der Waals surface area contributed by atoms with Gasteiger partial charge in [-0.3, -0.25) is 19.2 Å². The highest BCUT2D eigenvalue weighted by molar-refractivity contribution is 5.97. The maximum absolute atomic E-state index is 12.3. The summed E-state index contributed by atoms with van der Waals surface area (Å²) in [5, 5.41) is 2.48. The minimum Gasteiger partial charge on any atom is -0.466 e. The van der Waals surface area contributed by atoms with Gasteiger partial charge in [-0.05, 0) is 31.5 Å². The van der Waals surface area contributed by atoms with Gasteiger partial charge in [0.25, 0.3) is 5.91 Å². The Labute approximate surface area is 145 Å². The van der Waals surface area contributed by atoms with Crippen molar-refractivity contribution in [1.29, 1.82) is 0 Å². The molecule has 25 heavy (non-hydrogen) atoms. The zero-order chi connectivity index (χ0) is 19.0. The predicted octanol–water partition coefficient (Wildman–Crippen LogP) is 0.785.